The Morgan fingerprint density at radius 3 is 2.18 bits per heavy atom. The number of nitrogens with two attached hydrogens (primary N) is 1. The molecule has 0 spiro atoms. The van der Waals surface area contributed by atoms with E-state index in [1.807, 2.05) is 42.5 Å². The van der Waals surface area contributed by atoms with Crippen molar-refractivity contribution >= 4 is 47.2 Å². The maximum absolute atomic E-state index is 13.3. The molecule has 2 aromatic rings. The summed E-state index contributed by atoms with van der Waals surface area (Å²) in [5.41, 5.74) is 8.01. The third-order valence-electron chi connectivity index (χ3n) is 8.03. The molecule has 0 bridgehead atoms. The van der Waals surface area contributed by atoms with Gasteiger partial charge in [-0.2, -0.15) is 0 Å². The Morgan fingerprint density at radius 2 is 1.48 bits per heavy atom. The van der Waals surface area contributed by atoms with Crippen LogP contribution in [0.15, 0.2) is 48.5 Å². The number of urea groups is 1. The van der Waals surface area contributed by atoms with Crippen LogP contribution in [0.3, 0.4) is 0 Å². The van der Waals surface area contributed by atoms with Gasteiger partial charge in [0.05, 0.1) is 25.3 Å². The average Bonchev–Trinajstić information content (AvgIpc) is 3.09. The number of para-hydroxylation sites is 1. The molecule has 8 N–H and O–H groups in total. The van der Waals surface area contributed by atoms with Crippen molar-refractivity contribution in [3.63, 3.8) is 0 Å². The summed E-state index contributed by atoms with van der Waals surface area (Å²) in [5, 5.41) is 21.6. The minimum absolute atomic E-state index is 0.00833. The van der Waals surface area contributed by atoms with E-state index >= 15 is 0 Å². The highest BCUT2D eigenvalue weighted by molar-refractivity contribution is 5.97. The second-order valence-electron chi connectivity index (χ2n) is 11.7. The van der Waals surface area contributed by atoms with Crippen LogP contribution < -0.4 is 37.2 Å². The summed E-state index contributed by atoms with van der Waals surface area (Å²) in [5.74, 6) is 1.69. The number of carboxylic acid groups (broad SMARTS) is 1. The second kappa shape index (κ2) is 19.2. The van der Waals surface area contributed by atoms with E-state index in [-0.39, 0.29) is 50.6 Å². The summed E-state index contributed by atoms with van der Waals surface area (Å²) in [6.07, 6.45) is 0.422. The molecule has 7 amide bonds. The van der Waals surface area contributed by atoms with E-state index in [2.05, 4.69) is 38.4 Å². The third-order valence-corrected chi connectivity index (χ3v) is 8.03. The van der Waals surface area contributed by atoms with Gasteiger partial charge in [0.25, 0.3) is 0 Å². The van der Waals surface area contributed by atoms with E-state index in [1.54, 1.807) is 24.8 Å². The summed E-state index contributed by atoms with van der Waals surface area (Å²) < 4.78 is 0. The fourth-order valence-electron chi connectivity index (χ4n) is 5.03. The van der Waals surface area contributed by atoms with Gasteiger partial charge in [-0.3, -0.25) is 24.0 Å². The molecule has 0 aliphatic carbocycles. The van der Waals surface area contributed by atoms with Crippen LogP contribution in [-0.4, -0.2) is 78.4 Å². The second-order valence-corrected chi connectivity index (χ2v) is 11.7. The Kier molecular flexibility index (Phi) is 14.8. The SMILES string of the molecule is CCC(C)[C@H](NC(=O)CNC(=O)CNC(=O)CCC(=O)N1Cc2ccccc2C#Cc2ccccc21)C(=O)N[C@@H](CCCNC(N)=O)C(=O)O. The number of hydrogen-bond acceptors (Lipinski definition) is 7. The first-order chi connectivity index (χ1) is 23.9. The van der Waals surface area contributed by atoms with Crippen LogP contribution in [-0.2, 0) is 35.3 Å². The Balaban J connectivity index is 1.46. The number of anilines is 1. The standard InChI is InChI=1S/C35H43N7O8/c1-3-22(2)32(33(47)40-26(34(48)49)12-8-18-37-35(36)50)41-30(45)20-39-29(44)19-38-28(43)16-17-31(46)42-21-25-11-5-4-9-23(25)14-15-24-10-6-7-13-27(24)42/h4-7,9-11,13,22,26,32H,3,8,12,16-21H2,1-2H3,(H,38,43)(H,39,44)(H,40,47)(H,41,45)(H,48,49)(H3,36,37,50)/t22?,26-,32-/m0/s1. The fraction of sp³-hybridized carbons (Fsp3) is 0.400. The molecule has 1 heterocycles. The van der Waals surface area contributed by atoms with Crippen LogP contribution in [0, 0.1) is 17.8 Å². The van der Waals surface area contributed by atoms with Crippen LogP contribution >= 0.6 is 0 Å². The van der Waals surface area contributed by atoms with Crippen molar-refractivity contribution in [2.24, 2.45) is 11.7 Å². The summed E-state index contributed by atoms with van der Waals surface area (Å²) in [4.78, 5) is 88.0. The predicted octanol–water partition coefficient (Wildman–Crippen LogP) is 0.494. The number of carbonyl (C=O) groups excluding carboxylic acids is 6. The van der Waals surface area contributed by atoms with Crippen molar-refractivity contribution in [2.45, 2.75) is 64.6 Å². The number of carboxylic acids is 1. The van der Waals surface area contributed by atoms with E-state index in [4.69, 9.17) is 5.73 Å². The zero-order chi connectivity index (χ0) is 36.6. The minimum atomic E-state index is -1.28. The molecule has 0 aromatic heterocycles. The van der Waals surface area contributed by atoms with Gasteiger partial charge in [-0.05, 0) is 42.5 Å². The van der Waals surface area contributed by atoms with E-state index in [0.29, 0.717) is 17.7 Å². The molecule has 3 atom stereocenters. The van der Waals surface area contributed by atoms with Crippen molar-refractivity contribution < 1.29 is 38.7 Å². The number of nitrogens with one attached hydrogen (secondary N) is 5. The predicted molar refractivity (Wildman–Crippen MR) is 183 cm³/mol. The highest BCUT2D eigenvalue weighted by atomic mass is 16.4. The lowest BCUT2D eigenvalue weighted by atomic mass is 9.97. The number of hydrogen-bond donors (Lipinski definition) is 7. The van der Waals surface area contributed by atoms with Crippen LogP contribution in [0.4, 0.5) is 10.5 Å². The molecule has 0 saturated heterocycles. The van der Waals surface area contributed by atoms with Gasteiger partial charge in [0.15, 0.2) is 0 Å². The first-order valence-corrected chi connectivity index (χ1v) is 16.3. The zero-order valence-corrected chi connectivity index (χ0v) is 28.0. The molecule has 50 heavy (non-hydrogen) atoms. The minimum Gasteiger partial charge on any atom is -0.480 e. The highest BCUT2D eigenvalue weighted by Gasteiger charge is 2.30. The molecule has 1 unspecified atom stereocenters. The van der Waals surface area contributed by atoms with Gasteiger partial charge in [0.1, 0.15) is 12.1 Å². The largest absolute Gasteiger partial charge is 0.480 e. The number of carbonyl (C=O) groups is 7. The van der Waals surface area contributed by atoms with Gasteiger partial charge in [-0.15, -0.1) is 0 Å². The van der Waals surface area contributed by atoms with Crippen molar-refractivity contribution in [3.05, 3.63) is 65.2 Å². The molecular weight excluding hydrogens is 646 g/mol. The highest BCUT2D eigenvalue weighted by Crippen LogP contribution is 2.26. The number of amides is 7. The molecule has 2 aromatic carbocycles. The first-order valence-electron chi connectivity index (χ1n) is 16.3. The number of aliphatic carboxylic acids is 1. The van der Waals surface area contributed by atoms with Crippen molar-refractivity contribution in [1.29, 1.82) is 0 Å². The van der Waals surface area contributed by atoms with Gasteiger partial charge < -0.3 is 42.3 Å². The summed E-state index contributed by atoms with van der Waals surface area (Å²) in [7, 11) is 0. The van der Waals surface area contributed by atoms with Gasteiger partial charge in [0.2, 0.25) is 29.5 Å². The molecular formula is C35H43N7O8. The molecule has 1 aliphatic heterocycles. The van der Waals surface area contributed by atoms with E-state index < -0.39 is 60.8 Å². The molecule has 15 heteroatoms. The van der Waals surface area contributed by atoms with Gasteiger partial charge in [-0.1, -0.05) is 62.4 Å². The number of primary amides is 1. The van der Waals surface area contributed by atoms with E-state index in [0.717, 1.165) is 11.1 Å². The smallest absolute Gasteiger partial charge is 0.326 e. The van der Waals surface area contributed by atoms with Crippen molar-refractivity contribution in [2.75, 3.05) is 24.5 Å². The van der Waals surface area contributed by atoms with Crippen LogP contribution in [0.5, 0.6) is 0 Å². The Bertz CT molecular complexity index is 1650. The number of benzene rings is 2. The van der Waals surface area contributed by atoms with Crippen LogP contribution in [0.1, 0.15) is 62.6 Å². The van der Waals surface area contributed by atoms with Crippen LogP contribution in [0.25, 0.3) is 0 Å². The van der Waals surface area contributed by atoms with Gasteiger partial charge >= 0.3 is 12.0 Å². The maximum atomic E-state index is 13.3. The number of fused-ring (bicyclic) bond motifs is 2. The number of rotatable bonds is 17. The lowest BCUT2D eigenvalue weighted by molar-refractivity contribution is -0.142. The van der Waals surface area contributed by atoms with Gasteiger partial charge in [-0.25, -0.2) is 9.59 Å². The maximum Gasteiger partial charge on any atom is 0.326 e. The summed E-state index contributed by atoms with van der Waals surface area (Å²) in [6.45, 7) is 2.95. The Labute approximate surface area is 290 Å². The summed E-state index contributed by atoms with van der Waals surface area (Å²) >= 11 is 0. The summed E-state index contributed by atoms with van der Waals surface area (Å²) in [6, 6.07) is 11.7. The molecule has 1 aliphatic rings. The van der Waals surface area contributed by atoms with Crippen molar-refractivity contribution in [3.8, 4) is 11.8 Å². The molecule has 266 valence electrons. The van der Waals surface area contributed by atoms with Crippen LogP contribution in [0.2, 0.25) is 0 Å². The van der Waals surface area contributed by atoms with Gasteiger partial charge in [0, 0.05) is 30.5 Å². The molecule has 0 radical (unpaired) electrons. The quantitative estimate of drug-likeness (QED) is 0.0911. The molecule has 15 nitrogen and oxygen atoms in total. The fourth-order valence-corrected chi connectivity index (χ4v) is 5.03. The molecule has 0 saturated carbocycles. The topological polar surface area (TPSA) is 229 Å². The first kappa shape index (κ1) is 38.5. The Hall–Kier alpha value is -5.91. The molecule has 3 rings (SSSR count). The van der Waals surface area contributed by atoms with E-state index in [9.17, 15) is 38.7 Å². The monoisotopic (exact) mass is 689 g/mol. The zero-order valence-electron chi connectivity index (χ0n) is 28.0. The lowest BCUT2D eigenvalue weighted by Gasteiger charge is -2.26. The molecule has 0 fully saturated rings. The lowest BCUT2D eigenvalue weighted by Crippen LogP contribution is -2.55. The number of nitrogens with zero attached hydrogens (tertiary/aromatic N) is 1. The third kappa shape index (κ3) is 12.0. The average molecular weight is 690 g/mol. The normalized spacial score (nSPS) is 13.2. The van der Waals surface area contributed by atoms with Crippen molar-refractivity contribution in [1.82, 2.24) is 26.6 Å². The Morgan fingerprint density at radius 1 is 0.840 bits per heavy atom. The van der Waals surface area contributed by atoms with E-state index in [1.165, 1.54) is 0 Å².